The van der Waals surface area contributed by atoms with E-state index in [-0.39, 0.29) is 6.54 Å². The van der Waals surface area contributed by atoms with Crippen LogP contribution in [-0.4, -0.2) is 15.8 Å². The molecule has 1 heterocycles. The van der Waals surface area contributed by atoms with Gasteiger partial charge in [0.05, 0.1) is 6.54 Å². The molecule has 3 aromatic rings. The van der Waals surface area contributed by atoms with Gasteiger partial charge in [-0.05, 0) is 30.3 Å². The summed E-state index contributed by atoms with van der Waals surface area (Å²) in [7, 11) is 0. The molecule has 0 aliphatic rings. The number of amides is 2. The first-order valence-corrected chi connectivity index (χ1v) is 8.07. The second kappa shape index (κ2) is 7.55. The number of carbonyl (C=O) groups excluding carboxylic acids is 1. The number of aromatic nitrogens is 2. The van der Waals surface area contributed by atoms with Crippen molar-refractivity contribution in [3.63, 3.8) is 0 Å². The molecule has 5 nitrogen and oxygen atoms in total. The number of hydrogen-bond acceptors (Lipinski definition) is 2. The maximum absolute atomic E-state index is 13.8. The lowest BCUT2D eigenvalue weighted by atomic mass is 10.2. The van der Waals surface area contributed by atoms with Crippen LogP contribution in [0.3, 0.4) is 0 Å². The first-order chi connectivity index (χ1) is 12.0. The van der Waals surface area contributed by atoms with E-state index in [4.69, 9.17) is 23.2 Å². The summed E-state index contributed by atoms with van der Waals surface area (Å²) in [5.74, 6) is -0.0804. The van der Waals surface area contributed by atoms with Crippen molar-refractivity contribution in [3.8, 4) is 0 Å². The summed E-state index contributed by atoms with van der Waals surface area (Å²) in [5.41, 5.74) is 0.893. The molecule has 0 saturated carbocycles. The minimum atomic E-state index is -0.462. The standard InChI is InChI=1S/C17H13Cl2FN4O/c18-11-3-1-4-12(9-11)21-17(25)22-16-7-8-24(23-16)10-13-14(19)5-2-6-15(13)20/h1-9H,10H2,(H2,21,22,23,25). The van der Waals surface area contributed by atoms with E-state index >= 15 is 0 Å². The molecular weight excluding hydrogens is 366 g/mol. The van der Waals surface area contributed by atoms with Crippen LogP contribution in [-0.2, 0) is 6.54 Å². The molecule has 2 aromatic carbocycles. The van der Waals surface area contributed by atoms with Crippen LogP contribution in [0.2, 0.25) is 10.0 Å². The van der Waals surface area contributed by atoms with Gasteiger partial charge in [0.1, 0.15) is 5.82 Å². The van der Waals surface area contributed by atoms with Crippen LogP contribution in [0.15, 0.2) is 54.7 Å². The predicted molar refractivity (Wildman–Crippen MR) is 96.8 cm³/mol. The summed E-state index contributed by atoms with van der Waals surface area (Å²) in [6, 6.07) is 12.4. The van der Waals surface area contributed by atoms with Crippen molar-refractivity contribution in [2.75, 3.05) is 10.6 Å². The largest absolute Gasteiger partial charge is 0.324 e. The first kappa shape index (κ1) is 17.3. The van der Waals surface area contributed by atoms with Gasteiger partial charge in [0, 0.05) is 33.6 Å². The zero-order chi connectivity index (χ0) is 17.8. The monoisotopic (exact) mass is 378 g/mol. The Balaban J connectivity index is 1.64. The zero-order valence-corrected chi connectivity index (χ0v) is 14.4. The van der Waals surface area contributed by atoms with Crippen LogP contribution >= 0.6 is 23.2 Å². The van der Waals surface area contributed by atoms with Crippen LogP contribution < -0.4 is 10.6 Å². The molecule has 3 rings (SSSR count). The van der Waals surface area contributed by atoms with Crippen molar-refractivity contribution < 1.29 is 9.18 Å². The van der Waals surface area contributed by atoms with E-state index in [1.807, 2.05) is 0 Å². The molecule has 128 valence electrons. The Morgan fingerprint density at radius 2 is 1.92 bits per heavy atom. The van der Waals surface area contributed by atoms with Gasteiger partial charge in [-0.2, -0.15) is 5.10 Å². The van der Waals surface area contributed by atoms with Crippen molar-refractivity contribution in [3.05, 3.63) is 76.2 Å². The van der Waals surface area contributed by atoms with E-state index in [0.29, 0.717) is 27.1 Å². The molecule has 2 amide bonds. The van der Waals surface area contributed by atoms with E-state index < -0.39 is 11.8 Å². The Hall–Kier alpha value is -2.57. The molecule has 8 heteroatoms. The molecule has 0 bridgehead atoms. The minimum Gasteiger partial charge on any atom is -0.308 e. The molecule has 1 aromatic heterocycles. The number of nitrogens with zero attached hydrogens (tertiary/aromatic N) is 2. The highest BCUT2D eigenvalue weighted by molar-refractivity contribution is 6.31. The van der Waals surface area contributed by atoms with Gasteiger partial charge in [0.25, 0.3) is 0 Å². The lowest BCUT2D eigenvalue weighted by Crippen LogP contribution is -2.19. The van der Waals surface area contributed by atoms with Crippen LogP contribution in [0.1, 0.15) is 5.56 Å². The molecule has 25 heavy (non-hydrogen) atoms. The summed E-state index contributed by atoms with van der Waals surface area (Å²) in [4.78, 5) is 12.0. The fourth-order valence-electron chi connectivity index (χ4n) is 2.21. The van der Waals surface area contributed by atoms with Gasteiger partial charge in [0.15, 0.2) is 5.82 Å². The highest BCUT2D eigenvalue weighted by Crippen LogP contribution is 2.20. The Morgan fingerprint density at radius 3 is 2.68 bits per heavy atom. The maximum atomic E-state index is 13.8. The number of benzene rings is 2. The minimum absolute atomic E-state index is 0.156. The normalized spacial score (nSPS) is 10.5. The predicted octanol–water partition coefficient (Wildman–Crippen LogP) is 5.02. The Labute approximate surface area is 153 Å². The third-order valence-electron chi connectivity index (χ3n) is 3.35. The fraction of sp³-hybridized carbons (Fsp3) is 0.0588. The number of urea groups is 1. The summed E-state index contributed by atoms with van der Waals surface area (Å²) in [6.45, 7) is 0.156. The van der Waals surface area contributed by atoms with Gasteiger partial charge < -0.3 is 5.32 Å². The molecule has 0 aliphatic heterocycles. The molecular formula is C17H13Cl2FN4O. The van der Waals surface area contributed by atoms with Crippen molar-refractivity contribution in [2.24, 2.45) is 0 Å². The maximum Gasteiger partial charge on any atom is 0.324 e. The number of carbonyl (C=O) groups is 1. The number of halogens is 3. The fourth-order valence-corrected chi connectivity index (χ4v) is 2.62. The first-order valence-electron chi connectivity index (χ1n) is 7.31. The van der Waals surface area contributed by atoms with E-state index in [2.05, 4.69) is 15.7 Å². The van der Waals surface area contributed by atoms with E-state index in [0.717, 1.165) is 0 Å². The molecule has 2 N–H and O–H groups in total. The number of rotatable bonds is 4. The topological polar surface area (TPSA) is 59.0 Å². The Bertz CT molecular complexity index is 893. The van der Waals surface area contributed by atoms with Gasteiger partial charge in [0.2, 0.25) is 0 Å². The van der Waals surface area contributed by atoms with Gasteiger partial charge in [-0.1, -0.05) is 35.3 Å². The Kier molecular flexibility index (Phi) is 5.21. The van der Waals surface area contributed by atoms with Gasteiger partial charge in [-0.15, -0.1) is 0 Å². The molecule has 0 aliphatic carbocycles. The summed E-state index contributed by atoms with van der Waals surface area (Å²) < 4.78 is 15.3. The summed E-state index contributed by atoms with van der Waals surface area (Å²) in [5, 5.41) is 10.3. The lowest BCUT2D eigenvalue weighted by Gasteiger charge is -2.07. The number of anilines is 2. The second-order valence-corrected chi connectivity index (χ2v) is 6.03. The molecule has 0 fully saturated rings. The number of nitrogens with one attached hydrogen (secondary N) is 2. The van der Waals surface area contributed by atoms with Crippen LogP contribution in [0.4, 0.5) is 20.7 Å². The average molecular weight is 379 g/mol. The van der Waals surface area contributed by atoms with Crippen molar-refractivity contribution in [1.29, 1.82) is 0 Å². The quantitative estimate of drug-likeness (QED) is 0.669. The second-order valence-electron chi connectivity index (χ2n) is 5.19. The average Bonchev–Trinajstić information content (AvgIpc) is 2.98. The molecule has 0 saturated heterocycles. The van der Waals surface area contributed by atoms with Crippen molar-refractivity contribution in [1.82, 2.24) is 9.78 Å². The van der Waals surface area contributed by atoms with Gasteiger partial charge in [-0.3, -0.25) is 10.00 Å². The molecule has 0 unspecified atom stereocenters. The Morgan fingerprint density at radius 1 is 1.12 bits per heavy atom. The van der Waals surface area contributed by atoms with E-state index in [9.17, 15) is 9.18 Å². The van der Waals surface area contributed by atoms with Crippen LogP contribution in [0, 0.1) is 5.82 Å². The summed E-state index contributed by atoms with van der Waals surface area (Å²) in [6.07, 6.45) is 1.62. The van der Waals surface area contributed by atoms with Crippen molar-refractivity contribution in [2.45, 2.75) is 6.54 Å². The molecule has 0 atom stereocenters. The highest BCUT2D eigenvalue weighted by atomic mass is 35.5. The van der Waals surface area contributed by atoms with Gasteiger partial charge >= 0.3 is 6.03 Å². The summed E-state index contributed by atoms with van der Waals surface area (Å²) >= 11 is 11.9. The third-order valence-corrected chi connectivity index (χ3v) is 3.94. The number of hydrogen-bond donors (Lipinski definition) is 2. The molecule has 0 radical (unpaired) electrons. The highest BCUT2D eigenvalue weighted by Gasteiger charge is 2.10. The third kappa shape index (κ3) is 4.49. The zero-order valence-electron chi connectivity index (χ0n) is 12.8. The SMILES string of the molecule is O=C(Nc1cccc(Cl)c1)Nc1ccn(Cc2c(F)cccc2Cl)n1. The lowest BCUT2D eigenvalue weighted by molar-refractivity contribution is 0.262. The van der Waals surface area contributed by atoms with Crippen molar-refractivity contribution >= 4 is 40.7 Å². The van der Waals surface area contributed by atoms with E-state index in [1.165, 1.54) is 16.8 Å². The molecule has 0 spiro atoms. The van der Waals surface area contributed by atoms with Crippen LogP contribution in [0.5, 0.6) is 0 Å². The van der Waals surface area contributed by atoms with E-state index in [1.54, 1.807) is 42.6 Å². The van der Waals surface area contributed by atoms with Gasteiger partial charge in [-0.25, -0.2) is 9.18 Å². The smallest absolute Gasteiger partial charge is 0.308 e. The van der Waals surface area contributed by atoms with Crippen LogP contribution in [0.25, 0.3) is 0 Å².